The molecular weight excluding hydrogens is 276 g/mol. The van der Waals surface area contributed by atoms with Gasteiger partial charge in [0.25, 0.3) is 5.69 Å². The summed E-state index contributed by atoms with van der Waals surface area (Å²) in [6.45, 7) is 4.68. The Labute approximate surface area is 122 Å². The monoisotopic (exact) mass is 294 g/mol. The Balaban J connectivity index is 1.63. The highest BCUT2D eigenvalue weighted by atomic mass is 16.7. The lowest BCUT2D eigenvalue weighted by molar-refractivity contribution is -0.385. The van der Waals surface area contributed by atoms with Crippen LogP contribution < -0.4 is 0 Å². The molecule has 0 radical (unpaired) electrons. The standard InChI is InChI=1S/C14H18N2O5/c17-16(18)13-2-1-11-9-20-14(21-10-12(11)7-13)8-15-3-5-19-6-4-15/h1-2,7,14H,3-6,8-10H2/t14-/m1/s1. The Hall–Kier alpha value is -1.54. The van der Waals surface area contributed by atoms with E-state index >= 15 is 0 Å². The third kappa shape index (κ3) is 3.56. The second kappa shape index (κ2) is 6.48. The largest absolute Gasteiger partial charge is 0.379 e. The molecule has 1 atom stereocenters. The fourth-order valence-corrected chi connectivity index (χ4v) is 2.51. The SMILES string of the molecule is O=[N+]([O-])c1ccc2c(c1)CO[C@H](CN1CCOCC1)OC2. The fourth-order valence-electron chi connectivity index (χ4n) is 2.51. The Bertz CT molecular complexity index is 516. The molecule has 3 rings (SSSR count). The van der Waals surface area contributed by atoms with Crippen LogP contribution in [0.25, 0.3) is 0 Å². The van der Waals surface area contributed by atoms with Crippen LogP contribution in [0.5, 0.6) is 0 Å². The molecule has 0 N–H and O–H groups in total. The highest BCUT2D eigenvalue weighted by Crippen LogP contribution is 2.23. The molecule has 0 amide bonds. The molecule has 1 saturated heterocycles. The van der Waals surface area contributed by atoms with Crippen molar-refractivity contribution in [2.45, 2.75) is 19.5 Å². The first-order valence-electron chi connectivity index (χ1n) is 7.02. The van der Waals surface area contributed by atoms with Crippen LogP contribution in [0.4, 0.5) is 5.69 Å². The summed E-state index contributed by atoms with van der Waals surface area (Å²) >= 11 is 0. The first-order valence-corrected chi connectivity index (χ1v) is 7.02. The second-order valence-corrected chi connectivity index (χ2v) is 5.17. The van der Waals surface area contributed by atoms with Crippen LogP contribution >= 0.6 is 0 Å². The van der Waals surface area contributed by atoms with E-state index in [2.05, 4.69) is 4.90 Å². The minimum absolute atomic E-state index is 0.0870. The van der Waals surface area contributed by atoms with Gasteiger partial charge in [0.15, 0.2) is 6.29 Å². The Morgan fingerprint density at radius 1 is 1.19 bits per heavy atom. The number of morpholine rings is 1. The predicted molar refractivity (Wildman–Crippen MR) is 73.7 cm³/mol. The molecular formula is C14H18N2O5. The molecule has 0 unspecified atom stereocenters. The van der Waals surface area contributed by atoms with E-state index < -0.39 is 4.92 Å². The Morgan fingerprint density at radius 3 is 2.62 bits per heavy atom. The number of nitro benzene ring substituents is 1. The molecule has 2 aliphatic heterocycles. The number of ether oxygens (including phenoxy) is 3. The zero-order valence-corrected chi connectivity index (χ0v) is 11.7. The van der Waals surface area contributed by atoms with E-state index in [0.29, 0.717) is 19.8 Å². The zero-order chi connectivity index (χ0) is 14.7. The lowest BCUT2D eigenvalue weighted by atomic mass is 10.1. The molecule has 0 spiro atoms. The van der Waals surface area contributed by atoms with Gasteiger partial charge >= 0.3 is 0 Å². The van der Waals surface area contributed by atoms with Gasteiger partial charge in [-0.25, -0.2) is 0 Å². The quantitative estimate of drug-likeness (QED) is 0.618. The van der Waals surface area contributed by atoms with E-state index in [9.17, 15) is 10.1 Å². The number of hydrogen-bond donors (Lipinski definition) is 0. The van der Waals surface area contributed by atoms with Gasteiger partial charge in [0, 0.05) is 31.8 Å². The van der Waals surface area contributed by atoms with Crippen LogP contribution in [0.1, 0.15) is 11.1 Å². The van der Waals surface area contributed by atoms with Crippen molar-refractivity contribution in [2.24, 2.45) is 0 Å². The topological polar surface area (TPSA) is 74.1 Å². The van der Waals surface area contributed by atoms with Crippen LogP contribution in [-0.4, -0.2) is 49.0 Å². The van der Waals surface area contributed by atoms with Crippen molar-refractivity contribution >= 4 is 5.69 Å². The highest BCUT2D eigenvalue weighted by Gasteiger charge is 2.22. The molecule has 0 aromatic heterocycles. The average Bonchev–Trinajstić information content (AvgIpc) is 2.70. The maximum Gasteiger partial charge on any atom is 0.269 e. The van der Waals surface area contributed by atoms with Crippen molar-refractivity contribution in [3.05, 3.63) is 39.4 Å². The molecule has 21 heavy (non-hydrogen) atoms. The van der Waals surface area contributed by atoms with E-state index in [4.69, 9.17) is 14.2 Å². The molecule has 7 nitrogen and oxygen atoms in total. The maximum absolute atomic E-state index is 10.8. The van der Waals surface area contributed by atoms with Gasteiger partial charge in [0.2, 0.25) is 0 Å². The summed E-state index contributed by atoms with van der Waals surface area (Å²) in [7, 11) is 0. The van der Waals surface area contributed by atoms with Gasteiger partial charge < -0.3 is 14.2 Å². The number of nitro groups is 1. The first-order chi connectivity index (χ1) is 10.2. The van der Waals surface area contributed by atoms with Gasteiger partial charge in [0.1, 0.15) is 0 Å². The van der Waals surface area contributed by atoms with E-state index in [1.54, 1.807) is 12.1 Å². The summed E-state index contributed by atoms with van der Waals surface area (Å²) in [5.74, 6) is 0. The number of nitrogens with zero attached hydrogens (tertiary/aromatic N) is 2. The fraction of sp³-hybridized carbons (Fsp3) is 0.571. The first kappa shape index (κ1) is 14.4. The number of benzene rings is 1. The lowest BCUT2D eigenvalue weighted by Crippen LogP contribution is -2.42. The minimum Gasteiger partial charge on any atom is -0.379 e. The number of hydrogen-bond acceptors (Lipinski definition) is 6. The van der Waals surface area contributed by atoms with Crippen LogP contribution in [0.2, 0.25) is 0 Å². The summed E-state index contributed by atoms with van der Waals surface area (Å²) in [4.78, 5) is 12.7. The second-order valence-electron chi connectivity index (χ2n) is 5.17. The molecule has 0 saturated carbocycles. The Kier molecular flexibility index (Phi) is 4.45. The zero-order valence-electron chi connectivity index (χ0n) is 11.7. The van der Waals surface area contributed by atoms with Crippen LogP contribution in [0, 0.1) is 10.1 Å². The van der Waals surface area contributed by atoms with E-state index in [-0.39, 0.29) is 12.0 Å². The molecule has 114 valence electrons. The van der Waals surface area contributed by atoms with Gasteiger partial charge in [-0.3, -0.25) is 15.0 Å². The summed E-state index contributed by atoms with van der Waals surface area (Å²) in [6, 6.07) is 4.81. The predicted octanol–water partition coefficient (Wildman–Crippen LogP) is 1.30. The van der Waals surface area contributed by atoms with Gasteiger partial charge in [-0.1, -0.05) is 0 Å². The molecule has 1 aromatic carbocycles. The number of rotatable bonds is 3. The van der Waals surface area contributed by atoms with Gasteiger partial charge in [-0.05, 0) is 17.2 Å². The molecule has 1 fully saturated rings. The number of fused-ring (bicyclic) bond motifs is 1. The molecule has 0 bridgehead atoms. The van der Waals surface area contributed by atoms with Crippen molar-refractivity contribution in [2.75, 3.05) is 32.8 Å². The van der Waals surface area contributed by atoms with Crippen LogP contribution in [0.3, 0.4) is 0 Å². The average molecular weight is 294 g/mol. The summed E-state index contributed by atoms with van der Waals surface area (Å²) in [6.07, 6.45) is -0.311. The van der Waals surface area contributed by atoms with Crippen molar-refractivity contribution in [3.8, 4) is 0 Å². The van der Waals surface area contributed by atoms with E-state index in [1.807, 2.05) is 0 Å². The highest BCUT2D eigenvalue weighted by molar-refractivity contribution is 5.39. The van der Waals surface area contributed by atoms with E-state index in [0.717, 1.165) is 37.4 Å². The van der Waals surface area contributed by atoms with Crippen LogP contribution in [-0.2, 0) is 27.4 Å². The third-order valence-electron chi connectivity index (χ3n) is 3.76. The van der Waals surface area contributed by atoms with Gasteiger partial charge in [-0.15, -0.1) is 0 Å². The smallest absolute Gasteiger partial charge is 0.269 e. The molecule has 2 heterocycles. The van der Waals surface area contributed by atoms with Crippen molar-refractivity contribution in [1.82, 2.24) is 4.90 Å². The maximum atomic E-state index is 10.8. The molecule has 1 aromatic rings. The van der Waals surface area contributed by atoms with Crippen molar-refractivity contribution in [3.63, 3.8) is 0 Å². The Morgan fingerprint density at radius 2 is 1.90 bits per heavy atom. The molecule has 7 heteroatoms. The number of non-ortho nitro benzene ring substituents is 1. The summed E-state index contributed by atoms with van der Waals surface area (Å²) < 4.78 is 16.8. The summed E-state index contributed by atoms with van der Waals surface area (Å²) in [5.41, 5.74) is 1.86. The minimum atomic E-state index is -0.392. The normalized spacial score (nSPS) is 23.3. The van der Waals surface area contributed by atoms with Crippen molar-refractivity contribution < 1.29 is 19.1 Å². The molecule has 0 aliphatic carbocycles. The third-order valence-corrected chi connectivity index (χ3v) is 3.76. The van der Waals surface area contributed by atoms with Crippen molar-refractivity contribution in [1.29, 1.82) is 0 Å². The molecule has 2 aliphatic rings. The van der Waals surface area contributed by atoms with Gasteiger partial charge in [0.05, 0.1) is 31.4 Å². The van der Waals surface area contributed by atoms with E-state index in [1.165, 1.54) is 6.07 Å². The van der Waals surface area contributed by atoms with Gasteiger partial charge in [-0.2, -0.15) is 0 Å². The van der Waals surface area contributed by atoms with Crippen LogP contribution in [0.15, 0.2) is 18.2 Å². The summed E-state index contributed by atoms with van der Waals surface area (Å²) in [5, 5.41) is 10.8. The lowest BCUT2D eigenvalue weighted by Gasteiger charge is -2.29.